The Morgan fingerprint density at radius 3 is 1.78 bits per heavy atom. The monoisotopic (exact) mass is 384 g/mol. The molecule has 2 aromatic rings. The van der Waals surface area contributed by atoms with Crippen molar-refractivity contribution >= 4 is 18.9 Å². The normalized spacial score (nSPS) is 13.1. The zero-order valence-electron chi connectivity index (χ0n) is 17.5. The van der Waals surface area contributed by atoms with Gasteiger partial charge in [0.25, 0.3) is 0 Å². The lowest BCUT2D eigenvalue weighted by molar-refractivity contribution is 0.0936. The molecule has 0 bridgehead atoms. The Morgan fingerprint density at radius 2 is 1.33 bits per heavy atom. The lowest BCUT2D eigenvalue weighted by Gasteiger charge is -2.36. The van der Waals surface area contributed by atoms with Gasteiger partial charge in [0.1, 0.15) is 0 Å². The highest BCUT2D eigenvalue weighted by Gasteiger charge is 2.44. The summed E-state index contributed by atoms with van der Waals surface area (Å²) in [4.78, 5) is 0. The molecule has 0 radical (unpaired) electrons. The average molecular weight is 385 g/mol. The van der Waals surface area contributed by atoms with Gasteiger partial charge in [-0.05, 0) is 29.1 Å². The van der Waals surface area contributed by atoms with Crippen LogP contribution in [0.1, 0.15) is 59.8 Å². The van der Waals surface area contributed by atoms with Gasteiger partial charge < -0.3 is 8.85 Å². The molecular weight excluding hydrogens is 348 g/mol. The molecule has 0 saturated heterocycles. The first-order valence-corrected chi connectivity index (χ1v) is 12.4. The molecule has 27 heavy (non-hydrogen) atoms. The van der Waals surface area contributed by atoms with E-state index in [1.807, 2.05) is 0 Å². The molecule has 0 heterocycles. The molecule has 0 N–H and O–H groups in total. The smallest absolute Gasteiger partial charge is 0.388 e. The van der Waals surface area contributed by atoms with Gasteiger partial charge in [0, 0.05) is 12.7 Å². The van der Waals surface area contributed by atoms with E-state index in [0.29, 0.717) is 5.92 Å². The molecule has 0 saturated carbocycles. The topological polar surface area (TPSA) is 18.5 Å². The van der Waals surface area contributed by atoms with Crippen LogP contribution in [0.5, 0.6) is 0 Å². The minimum Gasteiger partial charge on any atom is -0.388 e. The van der Waals surface area contributed by atoms with Crippen LogP contribution >= 0.6 is 0 Å². The van der Waals surface area contributed by atoms with Gasteiger partial charge in [0.15, 0.2) is 0 Å². The quantitative estimate of drug-likeness (QED) is 0.365. The number of benzene rings is 2. The van der Waals surface area contributed by atoms with Gasteiger partial charge in [-0.2, -0.15) is 0 Å². The van der Waals surface area contributed by atoms with E-state index in [0.717, 1.165) is 19.4 Å². The summed E-state index contributed by atoms with van der Waals surface area (Å²) in [5.74, 6) is 0.456. The van der Waals surface area contributed by atoms with Crippen LogP contribution < -0.4 is 10.4 Å². The maximum Gasteiger partial charge on any atom is 0.407 e. The highest BCUT2D eigenvalue weighted by atomic mass is 28.4. The molecule has 148 valence electrons. The molecule has 1 atom stereocenters. The molecule has 0 aliphatic heterocycles. The van der Waals surface area contributed by atoms with E-state index >= 15 is 0 Å². The Balaban J connectivity index is 2.41. The highest BCUT2D eigenvalue weighted by Crippen LogP contribution is 2.20. The Morgan fingerprint density at radius 1 is 0.778 bits per heavy atom. The third-order valence-electron chi connectivity index (χ3n) is 5.07. The molecule has 3 heteroatoms. The zero-order chi connectivity index (χ0) is 19.5. The Bertz CT molecular complexity index is 588. The van der Waals surface area contributed by atoms with E-state index in [9.17, 15) is 0 Å². The van der Waals surface area contributed by atoms with Crippen LogP contribution in [-0.2, 0) is 8.85 Å². The maximum absolute atomic E-state index is 6.94. The van der Waals surface area contributed by atoms with Gasteiger partial charge in [-0.1, -0.05) is 108 Å². The van der Waals surface area contributed by atoms with Crippen LogP contribution in [0.15, 0.2) is 60.7 Å². The summed E-state index contributed by atoms with van der Waals surface area (Å²) in [7, 11) is -2.75. The first-order chi connectivity index (χ1) is 13.1. The van der Waals surface area contributed by atoms with Crippen molar-refractivity contribution in [3.63, 3.8) is 0 Å². The van der Waals surface area contributed by atoms with E-state index in [1.165, 1.54) is 29.6 Å². The van der Waals surface area contributed by atoms with Crippen molar-refractivity contribution in [2.45, 2.75) is 65.9 Å². The number of hydrogen-bond acceptors (Lipinski definition) is 2. The zero-order valence-corrected chi connectivity index (χ0v) is 18.5. The van der Waals surface area contributed by atoms with Crippen LogP contribution in [0.2, 0.25) is 0 Å². The van der Waals surface area contributed by atoms with E-state index in [2.05, 4.69) is 88.4 Å². The molecule has 0 fully saturated rings. The predicted molar refractivity (Wildman–Crippen MR) is 118 cm³/mol. The molecular formula is C24H36O2Si. The van der Waals surface area contributed by atoms with E-state index in [-0.39, 0.29) is 6.10 Å². The first-order valence-electron chi connectivity index (χ1n) is 10.6. The molecule has 0 aliphatic rings. The minimum absolute atomic E-state index is 0.188. The summed E-state index contributed by atoms with van der Waals surface area (Å²) >= 11 is 0. The standard InChI is InChI=1S/C24H36O2Si/c1-5-7-8-15-20-25-27(22-16-11-9-12-17-22,23-18-13-10-14-19-23)26-24(6-2)21(3)4/h9-14,16-19,21,24H,5-8,15,20H2,1-4H3. The van der Waals surface area contributed by atoms with Crippen molar-refractivity contribution < 1.29 is 8.85 Å². The summed E-state index contributed by atoms with van der Waals surface area (Å²) in [5.41, 5.74) is 0. The summed E-state index contributed by atoms with van der Waals surface area (Å²) in [6, 6.07) is 21.2. The lowest BCUT2D eigenvalue weighted by atomic mass is 10.1. The fourth-order valence-electron chi connectivity index (χ4n) is 3.47. The number of hydrogen-bond donors (Lipinski definition) is 0. The molecule has 2 aromatic carbocycles. The molecule has 0 aromatic heterocycles. The van der Waals surface area contributed by atoms with Gasteiger partial charge in [-0.3, -0.25) is 0 Å². The Labute approximate surface area is 167 Å². The number of unbranched alkanes of at least 4 members (excludes halogenated alkanes) is 3. The summed E-state index contributed by atoms with van der Waals surface area (Å²) in [5, 5.41) is 2.40. The van der Waals surface area contributed by atoms with Crippen molar-refractivity contribution in [3.05, 3.63) is 60.7 Å². The molecule has 0 spiro atoms. The maximum atomic E-state index is 6.94. The minimum atomic E-state index is -2.75. The van der Waals surface area contributed by atoms with Crippen LogP contribution in [0, 0.1) is 5.92 Å². The fraction of sp³-hybridized carbons (Fsp3) is 0.500. The van der Waals surface area contributed by atoms with Crippen molar-refractivity contribution in [3.8, 4) is 0 Å². The van der Waals surface area contributed by atoms with Gasteiger partial charge in [-0.15, -0.1) is 0 Å². The van der Waals surface area contributed by atoms with Crippen LogP contribution in [-0.4, -0.2) is 21.3 Å². The van der Waals surface area contributed by atoms with Crippen LogP contribution in [0.25, 0.3) is 0 Å². The van der Waals surface area contributed by atoms with Gasteiger partial charge in [-0.25, -0.2) is 0 Å². The molecule has 0 amide bonds. The second-order valence-electron chi connectivity index (χ2n) is 7.57. The Kier molecular flexibility index (Phi) is 9.26. The molecule has 0 aliphatic carbocycles. The summed E-state index contributed by atoms with van der Waals surface area (Å²) in [6.07, 6.45) is 5.98. The van der Waals surface area contributed by atoms with Gasteiger partial charge in [0.05, 0.1) is 0 Å². The van der Waals surface area contributed by atoms with Crippen molar-refractivity contribution in [1.82, 2.24) is 0 Å². The second kappa shape index (κ2) is 11.4. The third-order valence-corrected chi connectivity index (χ3v) is 8.51. The van der Waals surface area contributed by atoms with Crippen LogP contribution in [0.4, 0.5) is 0 Å². The predicted octanol–water partition coefficient (Wildman–Crippen LogP) is 5.29. The van der Waals surface area contributed by atoms with Gasteiger partial charge in [0.2, 0.25) is 0 Å². The van der Waals surface area contributed by atoms with E-state index < -0.39 is 8.56 Å². The van der Waals surface area contributed by atoms with E-state index in [4.69, 9.17) is 8.85 Å². The van der Waals surface area contributed by atoms with Crippen molar-refractivity contribution in [1.29, 1.82) is 0 Å². The Hall–Kier alpha value is -1.42. The van der Waals surface area contributed by atoms with Crippen molar-refractivity contribution in [2.24, 2.45) is 5.92 Å². The van der Waals surface area contributed by atoms with Gasteiger partial charge >= 0.3 is 8.56 Å². The van der Waals surface area contributed by atoms with E-state index in [1.54, 1.807) is 0 Å². The summed E-state index contributed by atoms with van der Waals surface area (Å²) in [6.45, 7) is 9.69. The first kappa shape index (κ1) is 21.9. The number of rotatable bonds is 12. The average Bonchev–Trinajstić information content (AvgIpc) is 2.71. The van der Waals surface area contributed by atoms with Crippen LogP contribution in [0.3, 0.4) is 0 Å². The molecule has 1 unspecified atom stereocenters. The second-order valence-corrected chi connectivity index (χ2v) is 10.5. The SMILES string of the molecule is CCCCCCO[Si](OC(CC)C(C)C)(c1ccccc1)c1ccccc1. The lowest BCUT2D eigenvalue weighted by Crippen LogP contribution is -2.65. The highest BCUT2D eigenvalue weighted by molar-refractivity contribution is 6.92. The fourth-order valence-corrected chi connectivity index (χ4v) is 7.03. The molecule has 2 rings (SSSR count). The molecule has 2 nitrogen and oxygen atoms in total. The van der Waals surface area contributed by atoms with Crippen molar-refractivity contribution in [2.75, 3.05) is 6.61 Å². The summed E-state index contributed by atoms with van der Waals surface area (Å²) < 4.78 is 13.7. The third kappa shape index (κ3) is 6.03. The largest absolute Gasteiger partial charge is 0.407 e.